The quantitative estimate of drug-likeness (QED) is 0.601. The van der Waals surface area contributed by atoms with Crippen molar-refractivity contribution >= 4 is 26.0 Å². The minimum atomic E-state index is -3.83. The largest absolute Gasteiger partial charge is 0.497 e. The standard InChI is InChI=1S/C19H25N3O6S2/c1-21(2)29(24,25)17-9-5-15(6-10-17)13-20-19(23)14-22(3)30(26,27)18-11-7-16(28-4)8-12-18/h5-12H,13-14H2,1-4H3,(H,20,23). The maximum absolute atomic E-state index is 12.6. The maximum atomic E-state index is 12.6. The molecule has 1 N–H and O–H groups in total. The highest BCUT2D eigenvalue weighted by Crippen LogP contribution is 2.18. The van der Waals surface area contributed by atoms with E-state index in [-0.39, 0.29) is 22.9 Å². The molecule has 0 aliphatic heterocycles. The van der Waals surface area contributed by atoms with Gasteiger partial charge in [-0.2, -0.15) is 4.31 Å². The molecule has 2 aromatic rings. The summed E-state index contributed by atoms with van der Waals surface area (Å²) in [5, 5.41) is 2.63. The number of nitrogens with zero attached hydrogens (tertiary/aromatic N) is 2. The van der Waals surface area contributed by atoms with E-state index in [9.17, 15) is 21.6 Å². The van der Waals surface area contributed by atoms with E-state index in [1.54, 1.807) is 12.1 Å². The van der Waals surface area contributed by atoms with Gasteiger partial charge in [0.1, 0.15) is 5.75 Å². The van der Waals surface area contributed by atoms with Gasteiger partial charge in [-0.05, 0) is 42.0 Å². The number of methoxy groups -OCH3 is 1. The molecule has 11 heteroatoms. The molecule has 0 aliphatic carbocycles. The number of sulfonamides is 2. The van der Waals surface area contributed by atoms with Crippen molar-refractivity contribution in [3.63, 3.8) is 0 Å². The first-order chi connectivity index (χ1) is 14.0. The molecule has 0 saturated heterocycles. The Balaban J connectivity index is 1.96. The molecule has 2 rings (SSSR count). The molecule has 0 aromatic heterocycles. The molecule has 0 spiro atoms. The van der Waals surface area contributed by atoms with Gasteiger partial charge >= 0.3 is 0 Å². The first kappa shape index (κ1) is 23.8. The Morgan fingerprint density at radius 1 is 0.867 bits per heavy atom. The number of benzene rings is 2. The number of carbonyl (C=O) groups is 1. The summed E-state index contributed by atoms with van der Waals surface area (Å²) in [7, 11) is -1.66. The number of hydrogen-bond acceptors (Lipinski definition) is 6. The normalized spacial score (nSPS) is 12.2. The van der Waals surface area contributed by atoms with E-state index < -0.39 is 26.0 Å². The van der Waals surface area contributed by atoms with Crippen molar-refractivity contribution in [3.8, 4) is 5.75 Å². The van der Waals surface area contributed by atoms with E-state index in [1.807, 2.05) is 0 Å². The molecule has 0 fully saturated rings. The second kappa shape index (κ2) is 9.56. The van der Waals surface area contributed by atoms with Crippen LogP contribution in [0.3, 0.4) is 0 Å². The average Bonchev–Trinajstić information content (AvgIpc) is 2.72. The summed E-state index contributed by atoms with van der Waals surface area (Å²) in [6.45, 7) is -0.223. The summed E-state index contributed by atoms with van der Waals surface area (Å²) in [5.41, 5.74) is 0.682. The summed E-state index contributed by atoms with van der Waals surface area (Å²) >= 11 is 0. The predicted molar refractivity (Wildman–Crippen MR) is 112 cm³/mol. The Kier molecular flexibility index (Phi) is 7.59. The average molecular weight is 456 g/mol. The van der Waals surface area contributed by atoms with Gasteiger partial charge in [0.25, 0.3) is 0 Å². The molecule has 0 radical (unpaired) electrons. The third-order valence-corrected chi connectivity index (χ3v) is 7.97. The maximum Gasteiger partial charge on any atom is 0.243 e. The number of ether oxygens (including phenoxy) is 1. The van der Waals surface area contributed by atoms with Crippen molar-refractivity contribution in [1.82, 2.24) is 13.9 Å². The zero-order chi connectivity index (χ0) is 22.5. The molecule has 164 valence electrons. The number of hydrogen-bond donors (Lipinski definition) is 1. The fraction of sp³-hybridized carbons (Fsp3) is 0.316. The Bertz CT molecular complexity index is 1080. The van der Waals surface area contributed by atoms with Gasteiger partial charge in [0.05, 0.1) is 23.4 Å². The van der Waals surface area contributed by atoms with Crippen LogP contribution in [0.25, 0.3) is 0 Å². The summed E-state index contributed by atoms with van der Waals surface area (Å²) in [5.74, 6) is 0.0401. The summed E-state index contributed by atoms with van der Waals surface area (Å²) in [4.78, 5) is 12.4. The highest BCUT2D eigenvalue weighted by molar-refractivity contribution is 7.89. The Morgan fingerprint density at radius 2 is 1.37 bits per heavy atom. The van der Waals surface area contributed by atoms with Gasteiger partial charge in [-0.15, -0.1) is 0 Å². The van der Waals surface area contributed by atoms with E-state index in [0.717, 1.165) is 8.61 Å². The van der Waals surface area contributed by atoms with Gasteiger partial charge in [0.2, 0.25) is 26.0 Å². The fourth-order valence-corrected chi connectivity index (χ4v) is 4.49. The van der Waals surface area contributed by atoms with Gasteiger partial charge in [0, 0.05) is 27.7 Å². The van der Waals surface area contributed by atoms with Crippen molar-refractivity contribution in [2.45, 2.75) is 16.3 Å². The van der Waals surface area contributed by atoms with Crippen LogP contribution in [0, 0.1) is 0 Å². The molecule has 1 amide bonds. The van der Waals surface area contributed by atoms with Gasteiger partial charge < -0.3 is 10.1 Å². The predicted octanol–water partition coefficient (Wildman–Crippen LogP) is 0.882. The second-order valence-corrected chi connectivity index (χ2v) is 10.8. The van der Waals surface area contributed by atoms with Gasteiger partial charge in [-0.1, -0.05) is 12.1 Å². The van der Waals surface area contributed by atoms with Gasteiger partial charge in [-0.3, -0.25) is 4.79 Å². The van der Waals surface area contributed by atoms with Crippen molar-refractivity contribution in [2.75, 3.05) is 34.8 Å². The molecule has 0 bridgehead atoms. The SMILES string of the molecule is COc1ccc(S(=O)(=O)N(C)CC(=O)NCc2ccc(S(=O)(=O)N(C)C)cc2)cc1. The third kappa shape index (κ3) is 5.57. The van der Waals surface area contributed by atoms with Crippen LogP contribution in [0.15, 0.2) is 58.3 Å². The van der Waals surface area contributed by atoms with Crippen LogP contribution in [0.5, 0.6) is 5.75 Å². The summed E-state index contributed by atoms with van der Waals surface area (Å²) in [6.07, 6.45) is 0. The Hall–Kier alpha value is -2.47. The summed E-state index contributed by atoms with van der Waals surface area (Å²) < 4.78 is 56.4. The number of nitrogens with one attached hydrogen (secondary N) is 1. The van der Waals surface area contributed by atoms with Crippen LogP contribution < -0.4 is 10.1 Å². The van der Waals surface area contributed by atoms with Gasteiger partial charge in [0.15, 0.2) is 0 Å². The molecule has 0 saturated carbocycles. The number of likely N-dealkylation sites (N-methyl/N-ethyl adjacent to an activating group) is 1. The second-order valence-electron chi connectivity index (χ2n) is 6.64. The van der Waals surface area contributed by atoms with Crippen LogP contribution >= 0.6 is 0 Å². The van der Waals surface area contributed by atoms with E-state index in [4.69, 9.17) is 4.74 Å². The minimum absolute atomic E-state index is 0.0521. The lowest BCUT2D eigenvalue weighted by Crippen LogP contribution is -2.38. The lowest BCUT2D eigenvalue weighted by atomic mass is 10.2. The topological polar surface area (TPSA) is 113 Å². The lowest BCUT2D eigenvalue weighted by molar-refractivity contribution is -0.121. The van der Waals surface area contributed by atoms with Crippen molar-refractivity contribution in [1.29, 1.82) is 0 Å². The third-order valence-electron chi connectivity index (χ3n) is 4.33. The molecule has 0 heterocycles. The minimum Gasteiger partial charge on any atom is -0.497 e. The zero-order valence-corrected chi connectivity index (χ0v) is 18.8. The molecular weight excluding hydrogens is 430 g/mol. The molecule has 30 heavy (non-hydrogen) atoms. The van der Waals surface area contributed by atoms with Crippen LogP contribution in [0.1, 0.15) is 5.56 Å². The molecular formula is C19H25N3O6S2. The van der Waals surface area contributed by atoms with Crippen molar-refractivity contribution in [3.05, 3.63) is 54.1 Å². The van der Waals surface area contributed by atoms with Crippen LogP contribution in [-0.4, -0.2) is 66.2 Å². The number of carbonyl (C=O) groups excluding carboxylic acids is 1. The number of amides is 1. The van der Waals surface area contributed by atoms with Crippen LogP contribution in [0.2, 0.25) is 0 Å². The molecule has 2 aromatic carbocycles. The Labute approximate surface area is 177 Å². The van der Waals surface area contributed by atoms with Crippen molar-refractivity contribution < 1.29 is 26.4 Å². The first-order valence-electron chi connectivity index (χ1n) is 8.87. The van der Waals surface area contributed by atoms with Crippen LogP contribution in [-0.2, 0) is 31.4 Å². The molecule has 0 unspecified atom stereocenters. The first-order valence-corrected chi connectivity index (χ1v) is 11.7. The van der Waals surface area contributed by atoms with E-state index >= 15 is 0 Å². The fourth-order valence-electron chi connectivity index (χ4n) is 2.46. The van der Waals surface area contributed by atoms with Crippen LogP contribution in [0.4, 0.5) is 0 Å². The van der Waals surface area contributed by atoms with E-state index in [0.29, 0.717) is 11.3 Å². The molecule has 0 atom stereocenters. The smallest absolute Gasteiger partial charge is 0.243 e. The molecule has 0 aliphatic rings. The highest BCUT2D eigenvalue weighted by atomic mass is 32.2. The Morgan fingerprint density at radius 3 is 1.87 bits per heavy atom. The van der Waals surface area contributed by atoms with Gasteiger partial charge in [-0.25, -0.2) is 21.1 Å². The highest BCUT2D eigenvalue weighted by Gasteiger charge is 2.23. The summed E-state index contributed by atoms with van der Waals surface area (Å²) in [6, 6.07) is 12.0. The zero-order valence-electron chi connectivity index (χ0n) is 17.2. The molecule has 9 nitrogen and oxygen atoms in total. The monoisotopic (exact) mass is 455 g/mol. The van der Waals surface area contributed by atoms with Crippen molar-refractivity contribution in [2.24, 2.45) is 0 Å². The van der Waals surface area contributed by atoms with E-state index in [2.05, 4.69) is 5.32 Å². The lowest BCUT2D eigenvalue weighted by Gasteiger charge is -2.17. The number of rotatable bonds is 9. The van der Waals surface area contributed by atoms with E-state index in [1.165, 1.54) is 64.7 Å².